The maximum Gasteiger partial charge on any atom is 0.416 e. The Hall–Kier alpha value is -3.29. The minimum Gasteiger partial charge on any atom is -0.356 e. The van der Waals surface area contributed by atoms with E-state index in [9.17, 15) is 13.2 Å². The van der Waals surface area contributed by atoms with Crippen LogP contribution in [0.2, 0.25) is 0 Å². The van der Waals surface area contributed by atoms with E-state index >= 15 is 0 Å². The third kappa shape index (κ3) is 6.37. The van der Waals surface area contributed by atoms with Gasteiger partial charge >= 0.3 is 6.18 Å². The standard InChI is InChI=1S/C22H24F3N5/c1-26-21(28-11-10-17-6-8-20(9-7-17)22(23,24)25)29-14-18-2-4-19(5-3-18)15-30-13-12-27-16-30/h2-9,12-13,16H,10-11,14-15H2,1H3,(H2,26,28,29). The Labute approximate surface area is 173 Å². The molecule has 30 heavy (non-hydrogen) atoms. The lowest BCUT2D eigenvalue weighted by Gasteiger charge is -2.13. The summed E-state index contributed by atoms with van der Waals surface area (Å²) in [5, 5.41) is 6.42. The highest BCUT2D eigenvalue weighted by atomic mass is 19.4. The average Bonchev–Trinajstić information content (AvgIpc) is 3.24. The van der Waals surface area contributed by atoms with Crippen LogP contribution in [0.5, 0.6) is 0 Å². The number of nitrogens with zero attached hydrogens (tertiary/aromatic N) is 3. The molecule has 1 aromatic heterocycles. The van der Waals surface area contributed by atoms with E-state index in [1.54, 1.807) is 19.6 Å². The number of benzene rings is 2. The van der Waals surface area contributed by atoms with Gasteiger partial charge in [0.15, 0.2) is 5.96 Å². The molecule has 0 spiro atoms. The second-order valence-corrected chi connectivity index (χ2v) is 6.85. The summed E-state index contributed by atoms with van der Waals surface area (Å²) in [5.74, 6) is 0.643. The van der Waals surface area contributed by atoms with Crippen LogP contribution in [0.4, 0.5) is 13.2 Å². The molecule has 3 aromatic rings. The number of aliphatic imine (C=N–C) groups is 1. The summed E-state index contributed by atoms with van der Waals surface area (Å²) < 4.78 is 39.9. The van der Waals surface area contributed by atoms with Crippen molar-refractivity contribution < 1.29 is 13.2 Å². The zero-order valence-corrected chi connectivity index (χ0v) is 16.7. The number of rotatable bonds is 7. The van der Waals surface area contributed by atoms with Gasteiger partial charge in [0.2, 0.25) is 0 Å². The second-order valence-electron chi connectivity index (χ2n) is 6.85. The van der Waals surface area contributed by atoms with Crippen LogP contribution in [0.1, 0.15) is 22.3 Å². The van der Waals surface area contributed by atoms with Crippen molar-refractivity contribution in [2.24, 2.45) is 4.99 Å². The molecule has 1 heterocycles. The fourth-order valence-electron chi connectivity index (χ4n) is 2.95. The number of guanidine groups is 1. The van der Waals surface area contributed by atoms with Crippen molar-refractivity contribution in [3.05, 3.63) is 89.5 Å². The molecule has 0 fully saturated rings. The predicted octanol–water partition coefficient (Wildman–Crippen LogP) is 3.86. The fraction of sp³-hybridized carbons (Fsp3) is 0.273. The largest absolute Gasteiger partial charge is 0.416 e. The predicted molar refractivity (Wildman–Crippen MR) is 111 cm³/mol. The highest BCUT2D eigenvalue weighted by Crippen LogP contribution is 2.29. The molecule has 158 valence electrons. The number of hydrogen-bond acceptors (Lipinski definition) is 2. The number of halogens is 3. The number of nitrogens with one attached hydrogen (secondary N) is 2. The summed E-state index contributed by atoms with van der Waals surface area (Å²) in [6.07, 6.45) is 1.77. The molecule has 0 aliphatic heterocycles. The van der Waals surface area contributed by atoms with E-state index in [4.69, 9.17) is 0 Å². The van der Waals surface area contributed by atoms with Crippen LogP contribution in [0.15, 0.2) is 72.2 Å². The van der Waals surface area contributed by atoms with Gasteiger partial charge in [-0.15, -0.1) is 0 Å². The maximum atomic E-state index is 12.6. The van der Waals surface area contributed by atoms with E-state index in [1.807, 2.05) is 10.8 Å². The molecule has 3 rings (SSSR count). The van der Waals surface area contributed by atoms with Crippen molar-refractivity contribution in [1.82, 2.24) is 20.2 Å². The third-order valence-electron chi connectivity index (χ3n) is 4.62. The Morgan fingerprint density at radius 3 is 2.23 bits per heavy atom. The van der Waals surface area contributed by atoms with Crippen LogP contribution in [0.25, 0.3) is 0 Å². The normalized spacial score (nSPS) is 12.1. The van der Waals surface area contributed by atoms with E-state index in [-0.39, 0.29) is 0 Å². The molecular formula is C22H24F3N5. The quantitative estimate of drug-likeness (QED) is 0.455. The van der Waals surface area contributed by atoms with Gasteiger partial charge in [0.25, 0.3) is 0 Å². The summed E-state index contributed by atoms with van der Waals surface area (Å²) in [6, 6.07) is 13.5. The van der Waals surface area contributed by atoms with Crippen LogP contribution >= 0.6 is 0 Å². The van der Waals surface area contributed by atoms with Crippen LogP contribution in [0, 0.1) is 0 Å². The van der Waals surface area contributed by atoms with Gasteiger partial charge in [0, 0.05) is 39.1 Å². The fourth-order valence-corrected chi connectivity index (χ4v) is 2.95. The van der Waals surface area contributed by atoms with Crippen molar-refractivity contribution in [2.75, 3.05) is 13.6 Å². The van der Waals surface area contributed by atoms with Crippen LogP contribution in [0.3, 0.4) is 0 Å². The Bertz CT molecular complexity index is 930. The second kappa shape index (κ2) is 9.96. The average molecular weight is 415 g/mol. The van der Waals surface area contributed by atoms with E-state index in [0.29, 0.717) is 25.5 Å². The van der Waals surface area contributed by atoms with Crippen molar-refractivity contribution in [3.8, 4) is 0 Å². The van der Waals surface area contributed by atoms with E-state index in [2.05, 4.69) is 44.9 Å². The van der Waals surface area contributed by atoms with Gasteiger partial charge in [0.1, 0.15) is 0 Å². The molecule has 0 bridgehead atoms. The third-order valence-corrected chi connectivity index (χ3v) is 4.62. The molecule has 0 radical (unpaired) electrons. The Kier molecular flexibility index (Phi) is 7.11. The lowest BCUT2D eigenvalue weighted by molar-refractivity contribution is -0.137. The van der Waals surface area contributed by atoms with Crippen molar-refractivity contribution in [1.29, 1.82) is 0 Å². The SMILES string of the molecule is CN=C(NCCc1ccc(C(F)(F)F)cc1)NCc1ccc(Cn2ccnc2)cc1. The van der Waals surface area contributed by atoms with Crippen molar-refractivity contribution in [2.45, 2.75) is 25.7 Å². The summed E-state index contributed by atoms with van der Waals surface area (Å²) in [4.78, 5) is 8.22. The highest BCUT2D eigenvalue weighted by Gasteiger charge is 2.29. The molecule has 2 N–H and O–H groups in total. The number of imidazole rings is 1. The molecular weight excluding hydrogens is 391 g/mol. The van der Waals surface area contributed by atoms with Crippen molar-refractivity contribution in [3.63, 3.8) is 0 Å². The summed E-state index contributed by atoms with van der Waals surface area (Å²) in [7, 11) is 1.68. The molecule has 5 nitrogen and oxygen atoms in total. The smallest absolute Gasteiger partial charge is 0.356 e. The van der Waals surface area contributed by atoms with Crippen LogP contribution < -0.4 is 10.6 Å². The van der Waals surface area contributed by atoms with Gasteiger partial charge in [-0.2, -0.15) is 13.2 Å². The number of hydrogen-bond donors (Lipinski definition) is 2. The Balaban J connectivity index is 1.42. The summed E-state index contributed by atoms with van der Waals surface area (Å²) >= 11 is 0. The van der Waals surface area contributed by atoms with Gasteiger partial charge in [-0.1, -0.05) is 36.4 Å². The lowest BCUT2D eigenvalue weighted by atomic mass is 10.1. The molecule has 0 saturated carbocycles. The van der Waals surface area contributed by atoms with Gasteiger partial charge in [-0.3, -0.25) is 4.99 Å². The lowest BCUT2D eigenvalue weighted by Crippen LogP contribution is -2.37. The molecule has 0 unspecified atom stereocenters. The van der Waals surface area contributed by atoms with Gasteiger partial charge in [-0.25, -0.2) is 4.98 Å². The maximum absolute atomic E-state index is 12.6. The van der Waals surface area contributed by atoms with E-state index < -0.39 is 11.7 Å². The van der Waals surface area contributed by atoms with Gasteiger partial charge in [-0.05, 0) is 35.2 Å². The van der Waals surface area contributed by atoms with Gasteiger partial charge in [0.05, 0.1) is 11.9 Å². The topological polar surface area (TPSA) is 54.2 Å². The molecule has 0 aliphatic carbocycles. The summed E-state index contributed by atoms with van der Waals surface area (Å²) in [6.45, 7) is 1.96. The summed E-state index contributed by atoms with van der Waals surface area (Å²) in [5.41, 5.74) is 2.51. The molecule has 0 atom stereocenters. The monoisotopic (exact) mass is 415 g/mol. The van der Waals surface area contributed by atoms with E-state index in [0.717, 1.165) is 29.8 Å². The Morgan fingerprint density at radius 2 is 1.63 bits per heavy atom. The number of aromatic nitrogens is 2. The first-order valence-electron chi connectivity index (χ1n) is 9.58. The zero-order valence-electron chi connectivity index (χ0n) is 16.7. The van der Waals surface area contributed by atoms with Gasteiger partial charge < -0.3 is 15.2 Å². The van der Waals surface area contributed by atoms with Crippen LogP contribution in [-0.2, 0) is 25.7 Å². The molecule has 0 saturated heterocycles. The van der Waals surface area contributed by atoms with Crippen LogP contribution in [-0.4, -0.2) is 29.1 Å². The molecule has 0 aliphatic rings. The first kappa shape index (κ1) is 21.4. The minimum atomic E-state index is -4.31. The first-order valence-corrected chi connectivity index (χ1v) is 9.58. The van der Waals surface area contributed by atoms with E-state index in [1.165, 1.54) is 17.7 Å². The molecule has 8 heteroatoms. The zero-order chi connectivity index (χ0) is 21.4. The first-order chi connectivity index (χ1) is 14.4. The molecule has 2 aromatic carbocycles. The Morgan fingerprint density at radius 1 is 0.967 bits per heavy atom. The number of alkyl halides is 3. The highest BCUT2D eigenvalue weighted by molar-refractivity contribution is 5.79. The molecule has 0 amide bonds. The van der Waals surface area contributed by atoms with Crippen molar-refractivity contribution >= 4 is 5.96 Å². The minimum absolute atomic E-state index is 0.564.